The van der Waals surface area contributed by atoms with Gasteiger partial charge in [0.05, 0.1) is 6.10 Å². The number of rotatable bonds is 13. The Kier molecular flexibility index (Phi) is 11.5. The molecule has 0 bridgehead atoms. The summed E-state index contributed by atoms with van der Waals surface area (Å²) in [5.41, 5.74) is 3.22. The van der Waals surface area contributed by atoms with Crippen LogP contribution in [0.25, 0.3) is 0 Å². The van der Waals surface area contributed by atoms with Gasteiger partial charge in [-0.3, -0.25) is 4.79 Å². The SMILES string of the molecule is CCC[C@H](C)CCC[C@@H](C)C(=O)C[C@H](O)[C@H](C)C/C=C/C1=C(C)CCCC1(C)C. The third-order valence-corrected chi connectivity index (χ3v) is 7.07. The molecule has 168 valence electrons. The fourth-order valence-corrected chi connectivity index (χ4v) is 4.75. The van der Waals surface area contributed by atoms with Gasteiger partial charge in [-0.2, -0.15) is 0 Å². The zero-order valence-electron chi connectivity index (χ0n) is 20.4. The summed E-state index contributed by atoms with van der Waals surface area (Å²) in [5.74, 6) is 1.16. The standard InChI is InChI=1S/C27H48O2/c1-8-12-20(2)13-9-14-22(4)25(28)19-26(29)23(5)15-10-17-24-21(3)16-11-18-27(24,6)7/h10,17,20,22-23,26,29H,8-9,11-16,18-19H2,1-7H3/b17-10+/t20-,22+,23+,26-/m0/s1. The maximum absolute atomic E-state index is 12.5. The predicted molar refractivity (Wildman–Crippen MR) is 126 cm³/mol. The van der Waals surface area contributed by atoms with Crippen LogP contribution in [-0.4, -0.2) is 17.0 Å². The molecule has 0 saturated carbocycles. The highest BCUT2D eigenvalue weighted by atomic mass is 16.3. The second-order valence-electron chi connectivity index (χ2n) is 10.5. The molecule has 29 heavy (non-hydrogen) atoms. The summed E-state index contributed by atoms with van der Waals surface area (Å²) in [6, 6.07) is 0. The van der Waals surface area contributed by atoms with Gasteiger partial charge in [-0.1, -0.05) is 85.0 Å². The van der Waals surface area contributed by atoms with Crippen molar-refractivity contribution in [2.45, 2.75) is 119 Å². The van der Waals surface area contributed by atoms with E-state index in [0.29, 0.717) is 6.42 Å². The summed E-state index contributed by atoms with van der Waals surface area (Å²) in [4.78, 5) is 12.5. The molecule has 0 fully saturated rings. The van der Waals surface area contributed by atoms with Crippen LogP contribution in [0.15, 0.2) is 23.3 Å². The van der Waals surface area contributed by atoms with Gasteiger partial charge in [0.15, 0.2) is 0 Å². The van der Waals surface area contributed by atoms with Crippen molar-refractivity contribution < 1.29 is 9.90 Å². The van der Waals surface area contributed by atoms with Crippen LogP contribution in [0.4, 0.5) is 0 Å². The third-order valence-electron chi connectivity index (χ3n) is 7.07. The molecule has 0 unspecified atom stereocenters. The number of hydrogen-bond donors (Lipinski definition) is 1. The number of aliphatic hydroxyl groups excluding tert-OH is 1. The van der Waals surface area contributed by atoms with Gasteiger partial charge in [0.1, 0.15) is 5.78 Å². The lowest BCUT2D eigenvalue weighted by atomic mass is 9.72. The minimum Gasteiger partial charge on any atom is -0.392 e. The number of Topliss-reactive ketones (excluding diaryl/α,β-unsaturated/α-hetero) is 1. The second kappa shape index (κ2) is 12.7. The van der Waals surface area contributed by atoms with Gasteiger partial charge in [0.25, 0.3) is 0 Å². The molecule has 0 amide bonds. The Labute approximate surface area is 181 Å². The topological polar surface area (TPSA) is 37.3 Å². The molecular weight excluding hydrogens is 356 g/mol. The van der Waals surface area contributed by atoms with Crippen LogP contribution in [0, 0.1) is 23.2 Å². The van der Waals surface area contributed by atoms with E-state index in [1.165, 1.54) is 49.7 Å². The van der Waals surface area contributed by atoms with Crippen molar-refractivity contribution in [1.82, 2.24) is 0 Å². The number of aliphatic hydroxyl groups is 1. The van der Waals surface area contributed by atoms with Gasteiger partial charge in [0, 0.05) is 12.3 Å². The number of carbonyl (C=O) groups is 1. The minimum absolute atomic E-state index is 0.0667. The van der Waals surface area contributed by atoms with Gasteiger partial charge < -0.3 is 5.11 Å². The Morgan fingerprint density at radius 1 is 1.17 bits per heavy atom. The predicted octanol–water partition coefficient (Wildman–Crippen LogP) is 7.66. The Morgan fingerprint density at radius 2 is 1.86 bits per heavy atom. The molecule has 0 spiro atoms. The van der Waals surface area contributed by atoms with Gasteiger partial charge in [-0.15, -0.1) is 0 Å². The molecule has 0 aromatic carbocycles. The molecule has 1 N–H and O–H groups in total. The monoisotopic (exact) mass is 404 g/mol. The van der Waals surface area contributed by atoms with Crippen LogP contribution in [0.3, 0.4) is 0 Å². The van der Waals surface area contributed by atoms with E-state index in [4.69, 9.17) is 0 Å². The number of ketones is 1. The summed E-state index contributed by atoms with van der Waals surface area (Å²) in [5, 5.41) is 10.5. The molecule has 1 aliphatic rings. The second-order valence-corrected chi connectivity index (χ2v) is 10.5. The van der Waals surface area contributed by atoms with E-state index in [9.17, 15) is 9.90 Å². The number of allylic oxidation sites excluding steroid dienone is 4. The van der Waals surface area contributed by atoms with Crippen molar-refractivity contribution in [3.8, 4) is 0 Å². The highest BCUT2D eigenvalue weighted by molar-refractivity contribution is 5.81. The van der Waals surface area contributed by atoms with Crippen LogP contribution in [-0.2, 0) is 4.79 Å². The first kappa shape index (κ1) is 26.1. The van der Waals surface area contributed by atoms with E-state index in [0.717, 1.165) is 25.2 Å². The quantitative estimate of drug-likeness (QED) is 0.342. The van der Waals surface area contributed by atoms with Crippen molar-refractivity contribution in [2.75, 3.05) is 0 Å². The van der Waals surface area contributed by atoms with E-state index < -0.39 is 6.10 Å². The van der Waals surface area contributed by atoms with Crippen molar-refractivity contribution in [3.05, 3.63) is 23.3 Å². The molecule has 1 aliphatic carbocycles. The van der Waals surface area contributed by atoms with Gasteiger partial charge in [-0.25, -0.2) is 0 Å². The molecular formula is C27H48O2. The van der Waals surface area contributed by atoms with Gasteiger partial charge in [0.2, 0.25) is 0 Å². The van der Waals surface area contributed by atoms with Crippen LogP contribution in [0.1, 0.15) is 113 Å². The lowest BCUT2D eigenvalue weighted by molar-refractivity contribution is -0.125. The summed E-state index contributed by atoms with van der Waals surface area (Å²) >= 11 is 0. The number of hydrogen-bond acceptors (Lipinski definition) is 2. The first-order valence-corrected chi connectivity index (χ1v) is 12.2. The average Bonchev–Trinajstić information content (AvgIpc) is 2.63. The van der Waals surface area contributed by atoms with Crippen molar-refractivity contribution in [1.29, 1.82) is 0 Å². The first-order chi connectivity index (χ1) is 13.6. The van der Waals surface area contributed by atoms with E-state index in [1.807, 2.05) is 6.92 Å². The van der Waals surface area contributed by atoms with Crippen LogP contribution >= 0.6 is 0 Å². The zero-order valence-corrected chi connectivity index (χ0v) is 20.4. The molecule has 2 nitrogen and oxygen atoms in total. The molecule has 0 aromatic rings. The summed E-state index contributed by atoms with van der Waals surface area (Å²) in [7, 11) is 0. The lowest BCUT2D eigenvalue weighted by Crippen LogP contribution is -2.24. The van der Waals surface area contributed by atoms with E-state index >= 15 is 0 Å². The average molecular weight is 405 g/mol. The lowest BCUT2D eigenvalue weighted by Gasteiger charge is -2.33. The maximum Gasteiger partial charge on any atom is 0.138 e. The highest BCUT2D eigenvalue weighted by Crippen LogP contribution is 2.40. The Balaban J connectivity index is 2.43. The molecule has 0 aliphatic heterocycles. The minimum atomic E-state index is -0.539. The van der Waals surface area contributed by atoms with Crippen molar-refractivity contribution in [3.63, 3.8) is 0 Å². The van der Waals surface area contributed by atoms with Crippen molar-refractivity contribution in [2.24, 2.45) is 23.2 Å². The van der Waals surface area contributed by atoms with E-state index in [1.54, 1.807) is 0 Å². The molecule has 0 aromatic heterocycles. The van der Waals surface area contributed by atoms with Crippen LogP contribution in [0.2, 0.25) is 0 Å². The molecule has 0 heterocycles. The maximum atomic E-state index is 12.5. The van der Waals surface area contributed by atoms with E-state index in [2.05, 4.69) is 53.7 Å². The largest absolute Gasteiger partial charge is 0.392 e. The summed E-state index contributed by atoms with van der Waals surface area (Å²) in [6.07, 6.45) is 14.6. The number of carbonyl (C=O) groups excluding carboxylic acids is 1. The molecule has 0 saturated heterocycles. The Bertz CT molecular complexity index is 555. The Hall–Kier alpha value is -0.890. The summed E-state index contributed by atoms with van der Waals surface area (Å²) in [6.45, 7) is 15.5. The third kappa shape index (κ3) is 9.20. The van der Waals surface area contributed by atoms with Gasteiger partial charge in [-0.05, 0) is 61.9 Å². The van der Waals surface area contributed by atoms with Gasteiger partial charge >= 0.3 is 0 Å². The molecule has 4 atom stereocenters. The fraction of sp³-hybridized carbons (Fsp3) is 0.815. The van der Waals surface area contributed by atoms with Crippen LogP contribution < -0.4 is 0 Å². The summed E-state index contributed by atoms with van der Waals surface area (Å²) < 4.78 is 0. The van der Waals surface area contributed by atoms with Crippen LogP contribution in [0.5, 0.6) is 0 Å². The fourth-order valence-electron chi connectivity index (χ4n) is 4.75. The van der Waals surface area contributed by atoms with E-state index in [-0.39, 0.29) is 23.0 Å². The Morgan fingerprint density at radius 3 is 2.48 bits per heavy atom. The first-order valence-electron chi connectivity index (χ1n) is 12.2. The normalized spacial score (nSPS) is 21.2. The van der Waals surface area contributed by atoms with Crippen molar-refractivity contribution >= 4 is 5.78 Å². The zero-order chi connectivity index (χ0) is 22.0. The smallest absolute Gasteiger partial charge is 0.138 e. The molecule has 2 heteroatoms. The molecule has 0 radical (unpaired) electrons. The molecule has 1 rings (SSSR count). The highest BCUT2D eigenvalue weighted by Gasteiger charge is 2.26.